The van der Waals surface area contributed by atoms with E-state index in [0.717, 1.165) is 5.75 Å². The fourth-order valence-electron chi connectivity index (χ4n) is 2.57. The normalized spacial score (nSPS) is 9.93. The molecule has 0 heterocycles. The van der Waals surface area contributed by atoms with Gasteiger partial charge in [-0.1, -0.05) is 30.3 Å². The number of para-hydroxylation sites is 2. The Morgan fingerprint density at radius 1 is 0.862 bits per heavy atom. The van der Waals surface area contributed by atoms with Crippen LogP contribution in [0.15, 0.2) is 72.8 Å². The summed E-state index contributed by atoms with van der Waals surface area (Å²) in [4.78, 5) is 12.7. The Kier molecular flexibility index (Phi) is 6.69. The van der Waals surface area contributed by atoms with Gasteiger partial charge >= 0.3 is 5.97 Å². The quantitative estimate of drug-likeness (QED) is 0.326. The van der Waals surface area contributed by atoms with Gasteiger partial charge in [-0.05, 0) is 36.4 Å². The van der Waals surface area contributed by atoms with Gasteiger partial charge in [-0.15, -0.1) is 0 Å². The third-order valence-electron chi connectivity index (χ3n) is 3.96. The number of nitriles is 1. The third-order valence-corrected chi connectivity index (χ3v) is 3.96. The van der Waals surface area contributed by atoms with Crippen LogP contribution in [0.5, 0.6) is 23.0 Å². The second-order valence-electron chi connectivity index (χ2n) is 5.87. The first-order valence-corrected chi connectivity index (χ1v) is 8.91. The van der Waals surface area contributed by atoms with E-state index in [4.69, 9.17) is 24.2 Å². The fraction of sp³-hybridized carbons (Fsp3) is 0.130. The lowest BCUT2D eigenvalue weighted by Gasteiger charge is -2.13. The Morgan fingerprint density at radius 2 is 1.59 bits per heavy atom. The number of carbonyl (C=O) groups excluding carboxylic acids is 1. The van der Waals surface area contributed by atoms with Crippen molar-refractivity contribution in [2.45, 2.75) is 0 Å². The lowest BCUT2D eigenvalue weighted by Crippen LogP contribution is -2.14. The second kappa shape index (κ2) is 9.81. The summed E-state index contributed by atoms with van der Waals surface area (Å²) in [5, 5.41) is 8.98. The van der Waals surface area contributed by atoms with Crippen LogP contribution >= 0.6 is 0 Å². The van der Waals surface area contributed by atoms with Gasteiger partial charge in [0, 0.05) is 6.07 Å². The van der Waals surface area contributed by atoms with E-state index in [1.54, 1.807) is 30.3 Å². The van der Waals surface area contributed by atoms with Crippen molar-refractivity contribution in [1.82, 2.24) is 0 Å². The van der Waals surface area contributed by atoms with Crippen molar-refractivity contribution in [2.24, 2.45) is 0 Å². The van der Waals surface area contributed by atoms with E-state index in [-0.39, 0.29) is 17.9 Å². The standard InChI is InChI=1S/C23H19NO5/c1-26-22-15-17(16-24)11-12-21(22)29-23(25)19-9-5-6-10-20(19)28-14-13-27-18-7-3-2-4-8-18/h2-12,15H,13-14H2,1H3. The summed E-state index contributed by atoms with van der Waals surface area (Å²) in [5.41, 5.74) is 0.683. The molecule has 0 saturated heterocycles. The smallest absolute Gasteiger partial charge is 0.347 e. The zero-order chi connectivity index (χ0) is 20.5. The Bertz CT molecular complexity index is 1010. The summed E-state index contributed by atoms with van der Waals surface area (Å²) in [6.45, 7) is 0.593. The van der Waals surface area contributed by atoms with Crippen LogP contribution < -0.4 is 18.9 Å². The molecule has 3 rings (SSSR count). The van der Waals surface area contributed by atoms with Crippen LogP contribution in [0.25, 0.3) is 0 Å². The average molecular weight is 389 g/mol. The van der Waals surface area contributed by atoms with Crippen molar-refractivity contribution in [3.8, 4) is 29.1 Å². The van der Waals surface area contributed by atoms with E-state index in [1.165, 1.54) is 19.2 Å². The van der Waals surface area contributed by atoms with Crippen LogP contribution in [0.1, 0.15) is 15.9 Å². The molecule has 3 aromatic rings. The second-order valence-corrected chi connectivity index (χ2v) is 5.87. The van der Waals surface area contributed by atoms with Crippen molar-refractivity contribution in [2.75, 3.05) is 20.3 Å². The number of hydrogen-bond donors (Lipinski definition) is 0. The minimum atomic E-state index is -0.590. The van der Waals surface area contributed by atoms with Gasteiger partial charge in [-0.3, -0.25) is 0 Å². The predicted octanol–water partition coefficient (Wildman–Crippen LogP) is 4.24. The van der Waals surface area contributed by atoms with Gasteiger partial charge in [-0.25, -0.2) is 4.79 Å². The molecule has 0 aromatic heterocycles. The molecule has 0 aliphatic carbocycles. The molecule has 29 heavy (non-hydrogen) atoms. The largest absolute Gasteiger partial charge is 0.493 e. The number of methoxy groups -OCH3 is 1. The summed E-state index contributed by atoms with van der Waals surface area (Å²) in [5.74, 6) is 1.07. The highest BCUT2D eigenvalue weighted by molar-refractivity contribution is 5.94. The van der Waals surface area contributed by atoms with Gasteiger partial charge in [0.1, 0.15) is 30.3 Å². The Hall–Kier alpha value is -3.98. The maximum absolute atomic E-state index is 12.7. The van der Waals surface area contributed by atoms with Gasteiger partial charge in [-0.2, -0.15) is 5.26 Å². The van der Waals surface area contributed by atoms with E-state index >= 15 is 0 Å². The van der Waals surface area contributed by atoms with Gasteiger partial charge in [0.05, 0.1) is 18.7 Å². The average Bonchev–Trinajstić information content (AvgIpc) is 2.78. The molecular formula is C23H19NO5. The van der Waals surface area contributed by atoms with Crippen LogP contribution in [0.3, 0.4) is 0 Å². The number of ether oxygens (including phenoxy) is 4. The number of carbonyl (C=O) groups is 1. The summed E-state index contributed by atoms with van der Waals surface area (Å²) in [7, 11) is 1.44. The number of nitrogens with zero attached hydrogens (tertiary/aromatic N) is 1. The molecule has 0 N–H and O–H groups in total. The molecule has 0 spiro atoms. The highest BCUT2D eigenvalue weighted by Crippen LogP contribution is 2.29. The predicted molar refractivity (Wildman–Crippen MR) is 107 cm³/mol. The summed E-state index contributed by atoms with van der Waals surface area (Å²) >= 11 is 0. The molecule has 0 fully saturated rings. The molecule has 146 valence electrons. The molecule has 0 aliphatic heterocycles. The molecule has 0 atom stereocenters. The Labute approximate surface area is 168 Å². The van der Waals surface area contributed by atoms with Gasteiger partial charge in [0.2, 0.25) is 0 Å². The van der Waals surface area contributed by atoms with Crippen LogP contribution in [0.4, 0.5) is 0 Å². The zero-order valence-corrected chi connectivity index (χ0v) is 15.8. The topological polar surface area (TPSA) is 77.8 Å². The van der Waals surface area contributed by atoms with Crippen molar-refractivity contribution in [3.05, 3.63) is 83.9 Å². The van der Waals surface area contributed by atoms with Crippen LogP contribution in [0, 0.1) is 11.3 Å². The third kappa shape index (κ3) is 5.27. The molecule has 3 aromatic carbocycles. The van der Waals surface area contributed by atoms with Gasteiger partial charge in [0.15, 0.2) is 11.5 Å². The van der Waals surface area contributed by atoms with Crippen LogP contribution in [-0.4, -0.2) is 26.3 Å². The van der Waals surface area contributed by atoms with Crippen molar-refractivity contribution < 1.29 is 23.7 Å². The van der Waals surface area contributed by atoms with E-state index in [1.807, 2.05) is 36.4 Å². The molecule has 6 nitrogen and oxygen atoms in total. The Balaban J connectivity index is 1.65. The number of esters is 1. The summed E-state index contributed by atoms with van der Waals surface area (Å²) in [6.07, 6.45) is 0. The SMILES string of the molecule is COc1cc(C#N)ccc1OC(=O)c1ccccc1OCCOc1ccccc1. The number of hydrogen-bond acceptors (Lipinski definition) is 6. The van der Waals surface area contributed by atoms with E-state index in [0.29, 0.717) is 23.7 Å². The first kappa shape index (κ1) is 19.8. The van der Waals surface area contributed by atoms with Crippen LogP contribution in [-0.2, 0) is 0 Å². The first-order chi connectivity index (χ1) is 14.2. The maximum Gasteiger partial charge on any atom is 0.347 e. The van der Waals surface area contributed by atoms with Crippen molar-refractivity contribution >= 4 is 5.97 Å². The summed E-state index contributed by atoms with van der Waals surface area (Å²) < 4.78 is 22.0. The van der Waals surface area contributed by atoms with E-state index in [2.05, 4.69) is 0 Å². The molecule has 0 saturated carbocycles. The fourth-order valence-corrected chi connectivity index (χ4v) is 2.57. The summed E-state index contributed by atoms with van der Waals surface area (Å²) in [6, 6.07) is 22.8. The minimum absolute atomic E-state index is 0.221. The molecule has 0 aliphatic rings. The maximum atomic E-state index is 12.7. The lowest BCUT2D eigenvalue weighted by atomic mass is 10.2. The molecule has 0 unspecified atom stereocenters. The minimum Gasteiger partial charge on any atom is -0.493 e. The van der Waals surface area contributed by atoms with Crippen molar-refractivity contribution in [1.29, 1.82) is 5.26 Å². The number of benzene rings is 3. The lowest BCUT2D eigenvalue weighted by molar-refractivity contribution is 0.0724. The van der Waals surface area contributed by atoms with Gasteiger partial charge in [0.25, 0.3) is 0 Å². The molecule has 0 amide bonds. The van der Waals surface area contributed by atoms with E-state index < -0.39 is 5.97 Å². The molecule has 0 bridgehead atoms. The number of rotatable bonds is 8. The van der Waals surface area contributed by atoms with Crippen LogP contribution in [0.2, 0.25) is 0 Å². The molecule has 0 radical (unpaired) electrons. The first-order valence-electron chi connectivity index (χ1n) is 8.91. The molecule has 6 heteroatoms. The monoisotopic (exact) mass is 389 g/mol. The Morgan fingerprint density at radius 3 is 2.34 bits per heavy atom. The van der Waals surface area contributed by atoms with Gasteiger partial charge < -0.3 is 18.9 Å². The molecular weight excluding hydrogens is 370 g/mol. The van der Waals surface area contributed by atoms with E-state index in [9.17, 15) is 4.79 Å². The highest BCUT2D eigenvalue weighted by Gasteiger charge is 2.17. The van der Waals surface area contributed by atoms with Crippen molar-refractivity contribution in [3.63, 3.8) is 0 Å². The highest BCUT2D eigenvalue weighted by atomic mass is 16.6. The zero-order valence-electron chi connectivity index (χ0n) is 15.8.